The Morgan fingerprint density at radius 2 is 1.75 bits per heavy atom. The van der Waals surface area contributed by atoms with Crippen molar-refractivity contribution in [3.63, 3.8) is 0 Å². The van der Waals surface area contributed by atoms with Crippen LogP contribution in [-0.4, -0.2) is 0 Å². The quantitative estimate of drug-likeness (QED) is 0.426. The molecule has 0 saturated carbocycles. The van der Waals surface area contributed by atoms with Crippen molar-refractivity contribution in [2.45, 2.75) is 13.3 Å². The molecule has 0 nitrogen and oxygen atoms in total. The maximum atomic E-state index is 3.49. The predicted octanol–water partition coefficient (Wildman–Crippen LogP) is 1.23. The van der Waals surface area contributed by atoms with E-state index in [-0.39, 0.29) is 25.8 Å². The molecule has 0 heterocycles. The Labute approximate surface area is 46.4 Å². The summed E-state index contributed by atoms with van der Waals surface area (Å²) in [5.74, 6) is 0. The molecule has 0 aliphatic heterocycles. The normalized spacial score (nSPS) is 4.50. The standard InChI is InChI=1S/C3H7.Hf/c1-3-2;/h1,3H2,2H3;/q-1;+4. The van der Waals surface area contributed by atoms with E-state index in [9.17, 15) is 0 Å². The fraction of sp³-hybridized carbons (Fsp3) is 0.667. The summed E-state index contributed by atoms with van der Waals surface area (Å²) in [6.45, 7) is 5.50. The third-order valence-corrected chi connectivity index (χ3v) is 0. The van der Waals surface area contributed by atoms with Gasteiger partial charge in [-0.3, -0.25) is 0 Å². The van der Waals surface area contributed by atoms with Crippen LogP contribution in [0.15, 0.2) is 0 Å². The average Bonchev–Trinajstić information content (AvgIpc) is 0.918. The van der Waals surface area contributed by atoms with Gasteiger partial charge in [-0.2, -0.15) is 6.42 Å². The van der Waals surface area contributed by atoms with E-state index in [4.69, 9.17) is 0 Å². The molecule has 0 radical (unpaired) electrons. The van der Waals surface area contributed by atoms with E-state index in [0.717, 1.165) is 6.42 Å². The van der Waals surface area contributed by atoms with Crippen molar-refractivity contribution in [3.05, 3.63) is 6.92 Å². The van der Waals surface area contributed by atoms with E-state index in [1.54, 1.807) is 0 Å². The SMILES string of the molecule is [CH2-]CC.[Hf+4]. The van der Waals surface area contributed by atoms with E-state index in [0.29, 0.717) is 0 Å². The second-order valence-electron chi connectivity index (χ2n) is 0.500. The molecular weight excluding hydrogens is 215 g/mol. The van der Waals surface area contributed by atoms with Gasteiger partial charge in [0.25, 0.3) is 0 Å². The van der Waals surface area contributed by atoms with Gasteiger partial charge in [-0.25, -0.2) is 0 Å². The summed E-state index contributed by atoms with van der Waals surface area (Å²) in [6, 6.07) is 0. The summed E-state index contributed by atoms with van der Waals surface area (Å²) in [5.41, 5.74) is 0. The molecule has 4 heavy (non-hydrogen) atoms. The Kier molecular flexibility index (Phi) is 20.2. The van der Waals surface area contributed by atoms with Gasteiger partial charge in [0.05, 0.1) is 0 Å². The monoisotopic (exact) mass is 223 g/mol. The zero-order chi connectivity index (χ0) is 2.71. The predicted molar refractivity (Wildman–Crippen MR) is 15.6 cm³/mol. The fourth-order valence-corrected chi connectivity index (χ4v) is 0. The van der Waals surface area contributed by atoms with Gasteiger partial charge in [-0.1, -0.05) is 6.92 Å². The molecule has 0 saturated heterocycles. The molecule has 20 valence electrons. The molecule has 1 heteroatoms. The van der Waals surface area contributed by atoms with Crippen LogP contribution in [-0.2, 0) is 25.8 Å². The third-order valence-electron chi connectivity index (χ3n) is 0. The van der Waals surface area contributed by atoms with E-state index < -0.39 is 0 Å². The van der Waals surface area contributed by atoms with Gasteiger partial charge in [0.2, 0.25) is 0 Å². The topological polar surface area (TPSA) is 0 Å². The Hall–Kier alpha value is 0.870. The number of hydrogen-bond donors (Lipinski definition) is 0. The molecule has 0 aromatic heterocycles. The number of hydrogen-bond acceptors (Lipinski definition) is 0. The van der Waals surface area contributed by atoms with E-state index >= 15 is 0 Å². The van der Waals surface area contributed by atoms with Crippen molar-refractivity contribution in [2.24, 2.45) is 0 Å². The molecule has 0 rings (SSSR count). The molecule has 0 atom stereocenters. The van der Waals surface area contributed by atoms with E-state index in [2.05, 4.69) is 6.92 Å². The first-order valence-corrected chi connectivity index (χ1v) is 1.21. The van der Waals surface area contributed by atoms with Crippen LogP contribution in [0.2, 0.25) is 0 Å². The minimum absolute atomic E-state index is 0. The van der Waals surface area contributed by atoms with Crippen molar-refractivity contribution in [1.29, 1.82) is 0 Å². The molecule has 0 aliphatic rings. The van der Waals surface area contributed by atoms with Crippen LogP contribution in [0.5, 0.6) is 0 Å². The summed E-state index contributed by atoms with van der Waals surface area (Å²) in [6.07, 6.45) is 1.00. The third kappa shape index (κ3) is 13.3. The van der Waals surface area contributed by atoms with Crippen LogP contribution in [0.3, 0.4) is 0 Å². The molecule has 0 aromatic carbocycles. The number of rotatable bonds is 0. The van der Waals surface area contributed by atoms with Crippen LogP contribution in [0.1, 0.15) is 13.3 Å². The average molecular weight is 222 g/mol. The van der Waals surface area contributed by atoms with Crippen molar-refractivity contribution in [2.75, 3.05) is 0 Å². The van der Waals surface area contributed by atoms with Crippen LogP contribution in [0, 0.1) is 6.92 Å². The van der Waals surface area contributed by atoms with Crippen molar-refractivity contribution in [3.8, 4) is 0 Å². The van der Waals surface area contributed by atoms with Gasteiger partial charge >= 0.3 is 25.8 Å². The van der Waals surface area contributed by atoms with Gasteiger partial charge in [-0.05, 0) is 0 Å². The fourth-order valence-electron chi connectivity index (χ4n) is 0. The molecular formula is C3H7Hf+3. The molecule has 0 amide bonds. The minimum Gasteiger partial charge on any atom is -0.344 e. The zero-order valence-electron chi connectivity index (χ0n) is 2.91. The second kappa shape index (κ2) is 9.12. The minimum atomic E-state index is 0. The summed E-state index contributed by atoms with van der Waals surface area (Å²) in [4.78, 5) is 0. The zero-order valence-corrected chi connectivity index (χ0v) is 6.51. The Morgan fingerprint density at radius 1 is 1.75 bits per heavy atom. The van der Waals surface area contributed by atoms with Gasteiger partial charge in [0.15, 0.2) is 0 Å². The van der Waals surface area contributed by atoms with Gasteiger partial charge in [0.1, 0.15) is 0 Å². The largest absolute Gasteiger partial charge is 4.00 e. The molecule has 0 fully saturated rings. The molecule has 0 aliphatic carbocycles. The maximum Gasteiger partial charge on any atom is 4.00 e. The van der Waals surface area contributed by atoms with Gasteiger partial charge in [-0.15, -0.1) is 0 Å². The van der Waals surface area contributed by atoms with Crippen molar-refractivity contribution >= 4 is 0 Å². The summed E-state index contributed by atoms with van der Waals surface area (Å²) >= 11 is 0. The van der Waals surface area contributed by atoms with Gasteiger partial charge in [0, 0.05) is 0 Å². The molecule has 0 N–H and O–H groups in total. The summed E-state index contributed by atoms with van der Waals surface area (Å²) in [7, 11) is 0. The molecule has 0 bridgehead atoms. The molecule has 0 aromatic rings. The molecule has 0 unspecified atom stereocenters. The first-order valence-electron chi connectivity index (χ1n) is 1.21. The smallest absolute Gasteiger partial charge is 0.344 e. The van der Waals surface area contributed by atoms with E-state index in [1.165, 1.54) is 0 Å². The van der Waals surface area contributed by atoms with Crippen LogP contribution in [0.4, 0.5) is 0 Å². The van der Waals surface area contributed by atoms with Crippen LogP contribution in [0.25, 0.3) is 0 Å². The van der Waals surface area contributed by atoms with Crippen molar-refractivity contribution in [1.82, 2.24) is 0 Å². The molecule has 0 spiro atoms. The maximum absolute atomic E-state index is 3.49. The van der Waals surface area contributed by atoms with Crippen LogP contribution < -0.4 is 0 Å². The first kappa shape index (κ1) is 8.85. The van der Waals surface area contributed by atoms with E-state index in [1.807, 2.05) is 6.92 Å². The van der Waals surface area contributed by atoms with Crippen LogP contribution >= 0.6 is 0 Å². The second-order valence-corrected chi connectivity index (χ2v) is 0.500. The Balaban J connectivity index is 0. The summed E-state index contributed by atoms with van der Waals surface area (Å²) in [5, 5.41) is 0. The Morgan fingerprint density at radius 3 is 1.75 bits per heavy atom. The first-order chi connectivity index (χ1) is 1.41. The Bertz CT molecular complexity index is 3.25. The summed E-state index contributed by atoms with van der Waals surface area (Å²) < 4.78 is 0. The van der Waals surface area contributed by atoms with Crippen molar-refractivity contribution < 1.29 is 25.8 Å². The van der Waals surface area contributed by atoms with Gasteiger partial charge < -0.3 is 6.92 Å².